The molecular formula is C21H29FN4O4. The van der Waals surface area contributed by atoms with Crippen LogP contribution in [0, 0.1) is 17.7 Å². The van der Waals surface area contributed by atoms with Gasteiger partial charge in [-0.3, -0.25) is 9.69 Å². The standard InChI is InChI=1S/C21H29FN4O4/c1-14(27)23-8-18-13-26(21(28)30-18)17-3-4-20(19(22)7-17)25-11-15-9-24(5-6-29-2)10-16(15)12-25/h3-4,7,15-16,18H,5-6,8-13H2,1-2H3,(H,23,27). The molecule has 4 rings (SSSR count). The van der Waals surface area contributed by atoms with E-state index in [9.17, 15) is 14.0 Å². The predicted molar refractivity (Wildman–Crippen MR) is 110 cm³/mol. The molecule has 3 fully saturated rings. The van der Waals surface area contributed by atoms with Crippen LogP contribution < -0.4 is 15.1 Å². The van der Waals surface area contributed by atoms with Crippen molar-refractivity contribution in [1.82, 2.24) is 10.2 Å². The van der Waals surface area contributed by atoms with Gasteiger partial charge in [-0.25, -0.2) is 9.18 Å². The number of nitrogens with one attached hydrogen (secondary N) is 1. The Hall–Kier alpha value is -2.39. The predicted octanol–water partition coefficient (Wildman–Crippen LogP) is 1.30. The summed E-state index contributed by atoms with van der Waals surface area (Å²) in [6, 6.07) is 4.92. The van der Waals surface area contributed by atoms with Crippen LogP contribution in [0.4, 0.5) is 20.6 Å². The summed E-state index contributed by atoms with van der Waals surface area (Å²) in [4.78, 5) is 29.2. The number of hydrogen-bond acceptors (Lipinski definition) is 6. The quantitative estimate of drug-likeness (QED) is 0.717. The van der Waals surface area contributed by atoms with Crippen LogP contribution in [0.15, 0.2) is 18.2 Å². The number of likely N-dealkylation sites (tertiary alicyclic amines) is 1. The molecule has 0 radical (unpaired) electrons. The lowest BCUT2D eigenvalue weighted by molar-refractivity contribution is -0.119. The number of amides is 2. The van der Waals surface area contributed by atoms with Gasteiger partial charge >= 0.3 is 6.09 Å². The Bertz CT molecular complexity index is 793. The lowest BCUT2D eigenvalue weighted by Gasteiger charge is -2.24. The number of benzene rings is 1. The summed E-state index contributed by atoms with van der Waals surface area (Å²) in [6.45, 7) is 7.36. The zero-order chi connectivity index (χ0) is 21.3. The monoisotopic (exact) mass is 420 g/mol. The maximum Gasteiger partial charge on any atom is 0.414 e. The summed E-state index contributed by atoms with van der Waals surface area (Å²) < 4.78 is 25.4. The van der Waals surface area contributed by atoms with Crippen molar-refractivity contribution in [3.8, 4) is 0 Å². The Morgan fingerprint density at radius 2 is 1.97 bits per heavy atom. The van der Waals surface area contributed by atoms with E-state index >= 15 is 0 Å². The SMILES string of the molecule is COCCN1CC2CN(c3ccc(N4CC(CNC(C)=O)OC4=O)cc3F)CC2C1. The van der Waals surface area contributed by atoms with Gasteiger partial charge in [-0.1, -0.05) is 0 Å². The minimum atomic E-state index is -0.524. The Morgan fingerprint density at radius 1 is 1.23 bits per heavy atom. The van der Waals surface area contributed by atoms with Crippen LogP contribution in [0.5, 0.6) is 0 Å². The molecule has 3 unspecified atom stereocenters. The summed E-state index contributed by atoms with van der Waals surface area (Å²) >= 11 is 0. The molecule has 1 N–H and O–H groups in total. The van der Waals surface area contributed by atoms with E-state index in [2.05, 4.69) is 15.1 Å². The Morgan fingerprint density at radius 3 is 2.60 bits per heavy atom. The molecule has 0 aliphatic carbocycles. The summed E-state index contributed by atoms with van der Waals surface area (Å²) in [5.41, 5.74) is 1.05. The molecular weight excluding hydrogens is 391 g/mol. The average Bonchev–Trinajstić information content (AvgIpc) is 3.37. The number of nitrogens with zero attached hydrogens (tertiary/aromatic N) is 3. The Labute approximate surface area is 175 Å². The molecule has 8 nitrogen and oxygen atoms in total. The second kappa shape index (κ2) is 8.77. The first kappa shape index (κ1) is 20.9. The molecule has 164 valence electrons. The fourth-order valence-corrected chi connectivity index (χ4v) is 4.71. The molecule has 3 aliphatic rings. The van der Waals surface area contributed by atoms with Crippen molar-refractivity contribution in [2.45, 2.75) is 13.0 Å². The minimum Gasteiger partial charge on any atom is -0.442 e. The number of carbonyl (C=O) groups is 2. The fourth-order valence-electron chi connectivity index (χ4n) is 4.71. The minimum absolute atomic E-state index is 0.183. The van der Waals surface area contributed by atoms with Gasteiger partial charge in [0.25, 0.3) is 0 Å². The average molecular weight is 420 g/mol. The van der Waals surface area contributed by atoms with E-state index < -0.39 is 12.2 Å². The lowest BCUT2D eigenvalue weighted by atomic mass is 10.0. The normalized spacial score (nSPS) is 26.2. The second-order valence-electron chi connectivity index (χ2n) is 8.37. The molecule has 0 bridgehead atoms. The van der Waals surface area contributed by atoms with Gasteiger partial charge in [-0.05, 0) is 30.0 Å². The zero-order valence-corrected chi connectivity index (χ0v) is 17.5. The van der Waals surface area contributed by atoms with Gasteiger partial charge in [0.1, 0.15) is 11.9 Å². The Kier molecular flexibility index (Phi) is 6.10. The number of carbonyl (C=O) groups excluding carboxylic acids is 2. The molecule has 3 atom stereocenters. The number of halogens is 1. The summed E-state index contributed by atoms with van der Waals surface area (Å²) in [6.07, 6.45) is -0.965. The molecule has 3 heterocycles. The van der Waals surface area contributed by atoms with E-state index in [1.54, 1.807) is 19.2 Å². The van der Waals surface area contributed by atoms with E-state index in [-0.39, 0.29) is 24.8 Å². The van der Waals surface area contributed by atoms with Crippen LogP contribution in [-0.4, -0.2) is 82.5 Å². The molecule has 0 aromatic heterocycles. The molecule has 3 saturated heterocycles. The van der Waals surface area contributed by atoms with Gasteiger partial charge < -0.3 is 24.6 Å². The van der Waals surface area contributed by atoms with E-state index in [1.807, 2.05) is 0 Å². The first-order chi connectivity index (χ1) is 14.4. The zero-order valence-electron chi connectivity index (χ0n) is 17.5. The molecule has 0 saturated carbocycles. The van der Waals surface area contributed by atoms with Crippen LogP contribution >= 0.6 is 0 Å². The third-order valence-corrected chi connectivity index (χ3v) is 6.21. The number of hydrogen-bond donors (Lipinski definition) is 1. The molecule has 1 aromatic carbocycles. The highest BCUT2D eigenvalue weighted by Gasteiger charge is 2.40. The van der Waals surface area contributed by atoms with E-state index in [0.717, 1.165) is 39.3 Å². The number of anilines is 2. The van der Waals surface area contributed by atoms with Gasteiger partial charge in [0, 0.05) is 46.8 Å². The van der Waals surface area contributed by atoms with E-state index in [0.29, 0.717) is 23.2 Å². The fraction of sp³-hybridized carbons (Fsp3) is 0.619. The lowest BCUT2D eigenvalue weighted by Crippen LogP contribution is -2.33. The molecule has 9 heteroatoms. The highest BCUT2D eigenvalue weighted by Crippen LogP contribution is 2.36. The maximum atomic E-state index is 14.9. The molecule has 30 heavy (non-hydrogen) atoms. The number of ether oxygens (including phenoxy) is 2. The van der Waals surface area contributed by atoms with Crippen molar-refractivity contribution in [2.24, 2.45) is 11.8 Å². The first-order valence-corrected chi connectivity index (χ1v) is 10.4. The number of rotatable bonds is 7. The second-order valence-corrected chi connectivity index (χ2v) is 8.37. The summed E-state index contributed by atoms with van der Waals surface area (Å²) in [5.74, 6) is 0.576. The topological polar surface area (TPSA) is 74.3 Å². The first-order valence-electron chi connectivity index (χ1n) is 10.4. The highest BCUT2D eigenvalue weighted by molar-refractivity contribution is 5.90. The maximum absolute atomic E-state index is 14.9. The summed E-state index contributed by atoms with van der Waals surface area (Å²) in [5, 5.41) is 2.64. The van der Waals surface area contributed by atoms with Crippen LogP contribution in [-0.2, 0) is 14.3 Å². The van der Waals surface area contributed by atoms with E-state index in [1.165, 1.54) is 17.9 Å². The van der Waals surface area contributed by atoms with Crippen molar-refractivity contribution in [2.75, 3.05) is 69.3 Å². The number of fused-ring (bicyclic) bond motifs is 1. The van der Waals surface area contributed by atoms with Crippen molar-refractivity contribution >= 4 is 23.4 Å². The highest BCUT2D eigenvalue weighted by atomic mass is 19.1. The molecule has 3 aliphatic heterocycles. The van der Waals surface area contributed by atoms with Crippen molar-refractivity contribution in [3.05, 3.63) is 24.0 Å². The van der Waals surface area contributed by atoms with Gasteiger partial charge in [0.05, 0.1) is 31.1 Å². The summed E-state index contributed by atoms with van der Waals surface area (Å²) in [7, 11) is 1.72. The van der Waals surface area contributed by atoms with Crippen LogP contribution in [0.1, 0.15) is 6.92 Å². The third-order valence-electron chi connectivity index (χ3n) is 6.21. The number of cyclic esters (lactones) is 1. The van der Waals surface area contributed by atoms with Gasteiger partial charge in [0.2, 0.25) is 5.91 Å². The van der Waals surface area contributed by atoms with Crippen molar-refractivity contribution in [3.63, 3.8) is 0 Å². The Balaban J connectivity index is 1.37. The third kappa shape index (κ3) is 4.37. The van der Waals surface area contributed by atoms with Gasteiger partial charge in [0.15, 0.2) is 0 Å². The van der Waals surface area contributed by atoms with Crippen molar-refractivity contribution in [1.29, 1.82) is 0 Å². The van der Waals surface area contributed by atoms with Gasteiger partial charge in [-0.2, -0.15) is 0 Å². The van der Waals surface area contributed by atoms with Crippen LogP contribution in [0.2, 0.25) is 0 Å². The van der Waals surface area contributed by atoms with Crippen LogP contribution in [0.3, 0.4) is 0 Å². The van der Waals surface area contributed by atoms with Crippen LogP contribution in [0.25, 0.3) is 0 Å². The molecule has 0 spiro atoms. The van der Waals surface area contributed by atoms with Gasteiger partial charge in [-0.15, -0.1) is 0 Å². The molecule has 2 amide bonds. The largest absolute Gasteiger partial charge is 0.442 e. The van der Waals surface area contributed by atoms with E-state index in [4.69, 9.17) is 9.47 Å². The van der Waals surface area contributed by atoms with Crippen molar-refractivity contribution < 1.29 is 23.5 Å². The molecule has 1 aromatic rings. The number of methoxy groups -OCH3 is 1. The smallest absolute Gasteiger partial charge is 0.414 e.